The Kier molecular flexibility index (Phi) is 1.95. The van der Waals surface area contributed by atoms with Gasteiger partial charge in [-0.05, 0) is 24.5 Å². The van der Waals surface area contributed by atoms with Crippen LogP contribution in [-0.4, -0.2) is 25.8 Å². The molecule has 0 spiro atoms. The van der Waals surface area contributed by atoms with Gasteiger partial charge in [0.05, 0.1) is 19.3 Å². The zero-order valence-corrected chi connectivity index (χ0v) is 8.28. The highest BCUT2D eigenvalue weighted by Gasteiger charge is 2.28. The Hall–Kier alpha value is -1.02. The Bertz CT molecular complexity index is 337. The maximum atomic E-state index is 5.51. The van der Waals surface area contributed by atoms with Crippen molar-refractivity contribution in [3.05, 3.63) is 29.8 Å². The van der Waals surface area contributed by atoms with E-state index in [-0.39, 0.29) is 0 Å². The minimum Gasteiger partial charge on any atom is -0.377 e. The van der Waals surface area contributed by atoms with E-state index >= 15 is 0 Å². The average molecular weight is 189 g/mol. The highest BCUT2D eigenvalue weighted by Crippen LogP contribution is 2.31. The molecule has 0 N–H and O–H groups in total. The van der Waals surface area contributed by atoms with E-state index in [2.05, 4.69) is 29.2 Å². The molecule has 1 aromatic carbocycles. The highest BCUT2D eigenvalue weighted by molar-refractivity contribution is 5.56. The monoisotopic (exact) mass is 189 g/mol. The second kappa shape index (κ2) is 3.28. The molecular weight excluding hydrogens is 174 g/mol. The number of aryl methyl sites for hydroxylation is 1. The van der Waals surface area contributed by atoms with Gasteiger partial charge in [0.2, 0.25) is 0 Å². The zero-order valence-electron chi connectivity index (χ0n) is 8.28. The summed E-state index contributed by atoms with van der Waals surface area (Å²) in [7, 11) is 0. The van der Waals surface area contributed by atoms with Crippen molar-refractivity contribution in [2.45, 2.75) is 18.9 Å². The number of nitrogens with zero attached hydrogens (tertiary/aromatic N) is 1. The third kappa shape index (κ3) is 1.22. The average Bonchev–Trinajstić information content (AvgIpc) is 2.29. The summed E-state index contributed by atoms with van der Waals surface area (Å²) in [6.07, 6.45) is 2.46. The van der Waals surface area contributed by atoms with Gasteiger partial charge in [0.1, 0.15) is 0 Å². The maximum absolute atomic E-state index is 5.51. The van der Waals surface area contributed by atoms with Crippen LogP contribution in [0.15, 0.2) is 24.3 Å². The lowest BCUT2D eigenvalue weighted by Crippen LogP contribution is -2.48. The van der Waals surface area contributed by atoms with E-state index in [1.807, 2.05) is 0 Å². The smallest absolute Gasteiger partial charge is 0.0671 e. The SMILES string of the molecule is c1ccc2c(c1)CCC1COCCN21. The molecular formula is C12H15NO. The molecule has 0 bridgehead atoms. The van der Waals surface area contributed by atoms with E-state index in [0.29, 0.717) is 6.04 Å². The van der Waals surface area contributed by atoms with Gasteiger partial charge in [-0.25, -0.2) is 0 Å². The van der Waals surface area contributed by atoms with Crippen LogP contribution in [0.3, 0.4) is 0 Å². The van der Waals surface area contributed by atoms with E-state index in [1.54, 1.807) is 0 Å². The van der Waals surface area contributed by atoms with Crippen LogP contribution in [0.4, 0.5) is 5.69 Å². The molecule has 3 rings (SSSR count). The third-order valence-corrected chi connectivity index (χ3v) is 3.28. The van der Waals surface area contributed by atoms with Crippen molar-refractivity contribution in [3.63, 3.8) is 0 Å². The van der Waals surface area contributed by atoms with E-state index < -0.39 is 0 Å². The second-order valence-corrected chi connectivity index (χ2v) is 4.09. The summed E-state index contributed by atoms with van der Waals surface area (Å²) in [5, 5.41) is 0. The van der Waals surface area contributed by atoms with E-state index in [1.165, 1.54) is 24.1 Å². The summed E-state index contributed by atoms with van der Waals surface area (Å²) in [5.41, 5.74) is 2.94. The van der Waals surface area contributed by atoms with Crippen molar-refractivity contribution in [3.8, 4) is 0 Å². The number of hydrogen-bond donors (Lipinski definition) is 0. The Morgan fingerprint density at radius 1 is 1.29 bits per heavy atom. The standard InChI is InChI=1S/C12H15NO/c1-2-4-12-10(3-1)5-6-11-9-14-8-7-13(11)12/h1-4,11H,5-9H2. The lowest BCUT2D eigenvalue weighted by Gasteiger charge is -2.41. The quantitative estimate of drug-likeness (QED) is 0.617. The van der Waals surface area contributed by atoms with Crippen molar-refractivity contribution >= 4 is 5.69 Å². The first-order chi connectivity index (χ1) is 6.95. The molecule has 1 fully saturated rings. The number of benzene rings is 1. The molecule has 0 radical (unpaired) electrons. The number of morpholine rings is 1. The molecule has 2 aliphatic rings. The largest absolute Gasteiger partial charge is 0.377 e. The van der Waals surface area contributed by atoms with Gasteiger partial charge in [-0.2, -0.15) is 0 Å². The van der Waals surface area contributed by atoms with Crippen LogP contribution in [0, 0.1) is 0 Å². The molecule has 2 heteroatoms. The van der Waals surface area contributed by atoms with Crippen LogP contribution >= 0.6 is 0 Å². The van der Waals surface area contributed by atoms with Crippen molar-refractivity contribution < 1.29 is 4.74 Å². The fourth-order valence-electron chi connectivity index (χ4n) is 2.54. The van der Waals surface area contributed by atoms with Crippen LogP contribution < -0.4 is 4.90 Å². The Morgan fingerprint density at radius 3 is 3.21 bits per heavy atom. The fraction of sp³-hybridized carbons (Fsp3) is 0.500. The molecule has 1 atom stereocenters. The van der Waals surface area contributed by atoms with Crippen LogP contribution in [0.2, 0.25) is 0 Å². The summed E-state index contributed by atoms with van der Waals surface area (Å²) >= 11 is 0. The summed E-state index contributed by atoms with van der Waals surface area (Å²) in [6.45, 7) is 2.85. The number of hydrogen-bond acceptors (Lipinski definition) is 2. The van der Waals surface area contributed by atoms with Crippen LogP contribution in [0.5, 0.6) is 0 Å². The summed E-state index contributed by atoms with van der Waals surface area (Å²) in [5.74, 6) is 0. The van der Waals surface area contributed by atoms with Gasteiger partial charge in [-0.1, -0.05) is 18.2 Å². The Labute approximate surface area is 84.5 Å². The molecule has 1 unspecified atom stereocenters. The minimum absolute atomic E-state index is 0.624. The third-order valence-electron chi connectivity index (χ3n) is 3.28. The Morgan fingerprint density at radius 2 is 2.21 bits per heavy atom. The molecule has 1 aromatic rings. The molecule has 14 heavy (non-hydrogen) atoms. The minimum atomic E-state index is 0.624. The molecule has 0 aromatic heterocycles. The topological polar surface area (TPSA) is 12.5 Å². The molecule has 2 aliphatic heterocycles. The predicted octanol–water partition coefficient (Wildman–Crippen LogP) is 1.84. The molecule has 0 amide bonds. The van der Waals surface area contributed by atoms with Crippen LogP contribution in [-0.2, 0) is 11.2 Å². The first kappa shape index (κ1) is 8.30. The predicted molar refractivity (Wildman–Crippen MR) is 56.7 cm³/mol. The van der Waals surface area contributed by atoms with E-state index in [4.69, 9.17) is 4.74 Å². The molecule has 74 valence electrons. The first-order valence-corrected chi connectivity index (χ1v) is 5.37. The van der Waals surface area contributed by atoms with Gasteiger partial charge < -0.3 is 9.64 Å². The number of fused-ring (bicyclic) bond motifs is 3. The van der Waals surface area contributed by atoms with Crippen molar-refractivity contribution in [2.75, 3.05) is 24.7 Å². The summed E-state index contributed by atoms with van der Waals surface area (Å²) < 4.78 is 5.51. The summed E-state index contributed by atoms with van der Waals surface area (Å²) in [6, 6.07) is 9.39. The first-order valence-electron chi connectivity index (χ1n) is 5.37. The zero-order chi connectivity index (χ0) is 9.38. The van der Waals surface area contributed by atoms with Crippen molar-refractivity contribution in [1.82, 2.24) is 0 Å². The van der Waals surface area contributed by atoms with Crippen molar-refractivity contribution in [1.29, 1.82) is 0 Å². The van der Waals surface area contributed by atoms with Gasteiger partial charge in [0, 0.05) is 12.2 Å². The van der Waals surface area contributed by atoms with Crippen molar-refractivity contribution in [2.24, 2.45) is 0 Å². The number of rotatable bonds is 0. The highest BCUT2D eigenvalue weighted by atomic mass is 16.5. The lowest BCUT2D eigenvalue weighted by molar-refractivity contribution is 0.0896. The second-order valence-electron chi connectivity index (χ2n) is 4.09. The van der Waals surface area contributed by atoms with Crippen LogP contribution in [0.25, 0.3) is 0 Å². The lowest BCUT2D eigenvalue weighted by atomic mass is 9.95. The van der Waals surface area contributed by atoms with E-state index in [0.717, 1.165) is 19.8 Å². The molecule has 0 aliphatic carbocycles. The van der Waals surface area contributed by atoms with Gasteiger partial charge in [-0.3, -0.25) is 0 Å². The molecule has 1 saturated heterocycles. The number of ether oxygens (including phenoxy) is 1. The number of anilines is 1. The van der Waals surface area contributed by atoms with Gasteiger partial charge >= 0.3 is 0 Å². The van der Waals surface area contributed by atoms with Crippen LogP contribution in [0.1, 0.15) is 12.0 Å². The maximum Gasteiger partial charge on any atom is 0.0671 e. The Balaban J connectivity index is 1.99. The van der Waals surface area contributed by atoms with Gasteiger partial charge in [0.15, 0.2) is 0 Å². The summed E-state index contributed by atoms with van der Waals surface area (Å²) in [4.78, 5) is 2.52. The normalized spacial score (nSPS) is 25.4. The number of para-hydroxylation sites is 1. The van der Waals surface area contributed by atoms with Gasteiger partial charge in [-0.15, -0.1) is 0 Å². The molecule has 2 heterocycles. The molecule has 2 nitrogen and oxygen atoms in total. The fourth-order valence-corrected chi connectivity index (χ4v) is 2.54. The molecule has 0 saturated carbocycles. The van der Waals surface area contributed by atoms with Gasteiger partial charge in [0.25, 0.3) is 0 Å². The van der Waals surface area contributed by atoms with E-state index in [9.17, 15) is 0 Å².